The quantitative estimate of drug-likeness (QED) is 0.642. The minimum Gasteiger partial charge on any atom is -0.306 e. The molecule has 1 aromatic carbocycles. The molecule has 0 saturated carbocycles. The Labute approximate surface area is 147 Å². The smallest absolute Gasteiger partial charge is 0.262 e. The third kappa shape index (κ3) is 5.26. The first-order valence-corrected chi connectivity index (χ1v) is 7.59. The zero-order valence-corrected chi connectivity index (χ0v) is 13.8. The molecule has 1 heterocycles. The summed E-state index contributed by atoms with van der Waals surface area (Å²) < 4.78 is 1.22. The number of hydrogen-bond acceptors (Lipinski definition) is 3. The van der Waals surface area contributed by atoms with Crippen LogP contribution in [0.5, 0.6) is 0 Å². The number of hydrazine groups is 1. The first-order valence-electron chi connectivity index (χ1n) is 6.83. The molecule has 124 valence electrons. The van der Waals surface area contributed by atoms with Gasteiger partial charge in [0.05, 0.1) is 10.0 Å². The number of carbonyl (C=O) groups excluding carboxylic acids is 2. The van der Waals surface area contributed by atoms with E-state index in [0.717, 1.165) is 0 Å². The Kier molecular flexibility index (Phi) is 6.17. The van der Waals surface area contributed by atoms with Crippen LogP contribution < -0.4 is 16.4 Å². The molecule has 0 saturated heterocycles. The van der Waals surface area contributed by atoms with Crippen molar-refractivity contribution in [1.29, 1.82) is 0 Å². The van der Waals surface area contributed by atoms with Gasteiger partial charge < -0.3 is 4.57 Å². The molecule has 0 bridgehead atoms. The Bertz CT molecular complexity index is 846. The number of carbonyl (C=O) groups is 2. The van der Waals surface area contributed by atoms with Crippen molar-refractivity contribution in [2.45, 2.75) is 6.54 Å². The van der Waals surface area contributed by atoms with Crippen LogP contribution in [0.2, 0.25) is 10.0 Å². The molecular formula is C16H13Cl2N3O3. The summed E-state index contributed by atoms with van der Waals surface area (Å²) in [6.07, 6.45) is 4.23. The molecule has 6 nitrogen and oxygen atoms in total. The van der Waals surface area contributed by atoms with Crippen LogP contribution in [0.3, 0.4) is 0 Å². The number of amides is 2. The average molecular weight is 366 g/mol. The Morgan fingerprint density at radius 2 is 1.88 bits per heavy atom. The molecule has 0 spiro atoms. The number of nitrogens with one attached hydrogen (secondary N) is 2. The van der Waals surface area contributed by atoms with Gasteiger partial charge in [-0.2, -0.15) is 0 Å². The number of halogens is 2. The van der Waals surface area contributed by atoms with Gasteiger partial charge in [0.25, 0.3) is 17.4 Å². The van der Waals surface area contributed by atoms with Crippen LogP contribution in [0.1, 0.15) is 5.56 Å². The van der Waals surface area contributed by atoms with Crippen molar-refractivity contribution in [3.05, 3.63) is 74.6 Å². The van der Waals surface area contributed by atoms with Crippen molar-refractivity contribution in [1.82, 2.24) is 15.4 Å². The monoisotopic (exact) mass is 365 g/mol. The maximum atomic E-state index is 11.7. The van der Waals surface area contributed by atoms with Crippen LogP contribution in [0.4, 0.5) is 0 Å². The lowest BCUT2D eigenvalue weighted by atomic mass is 10.2. The van der Waals surface area contributed by atoms with Crippen molar-refractivity contribution in [3.8, 4) is 0 Å². The fourth-order valence-corrected chi connectivity index (χ4v) is 2.05. The van der Waals surface area contributed by atoms with Crippen molar-refractivity contribution in [3.63, 3.8) is 0 Å². The average Bonchev–Trinajstić information content (AvgIpc) is 2.56. The van der Waals surface area contributed by atoms with Crippen LogP contribution in [0.25, 0.3) is 6.08 Å². The molecule has 0 radical (unpaired) electrons. The van der Waals surface area contributed by atoms with Gasteiger partial charge in [0.1, 0.15) is 6.54 Å². The number of benzene rings is 1. The van der Waals surface area contributed by atoms with E-state index in [1.54, 1.807) is 30.3 Å². The second-order valence-corrected chi connectivity index (χ2v) is 5.53. The van der Waals surface area contributed by atoms with Gasteiger partial charge in [0.2, 0.25) is 0 Å². The van der Waals surface area contributed by atoms with Gasteiger partial charge in [-0.05, 0) is 29.8 Å². The molecule has 2 rings (SSSR count). The second kappa shape index (κ2) is 8.33. The third-order valence-electron chi connectivity index (χ3n) is 2.91. The van der Waals surface area contributed by atoms with Crippen molar-refractivity contribution < 1.29 is 9.59 Å². The molecule has 8 heteroatoms. The standard InChI is InChI=1S/C16H13Cl2N3O3/c17-12-6-4-11(9-13(12)18)5-7-14(22)19-20-15(23)10-21-8-2-1-3-16(21)24/h1-9H,10H2,(H,19,22)(H,20,23)/b7-5+. The van der Waals surface area contributed by atoms with E-state index in [9.17, 15) is 14.4 Å². The fraction of sp³-hybridized carbons (Fsp3) is 0.0625. The molecule has 2 amide bonds. The SMILES string of the molecule is O=C(/C=C/c1ccc(Cl)c(Cl)c1)NNC(=O)Cn1ccccc1=O. The summed E-state index contributed by atoms with van der Waals surface area (Å²) in [5.74, 6) is -1.06. The van der Waals surface area contributed by atoms with Gasteiger partial charge in [0.15, 0.2) is 0 Å². The third-order valence-corrected chi connectivity index (χ3v) is 3.65. The van der Waals surface area contributed by atoms with Crippen LogP contribution in [-0.4, -0.2) is 16.4 Å². The first kappa shape index (κ1) is 17.8. The summed E-state index contributed by atoms with van der Waals surface area (Å²) in [4.78, 5) is 34.8. The van der Waals surface area contributed by atoms with Crippen molar-refractivity contribution in [2.75, 3.05) is 0 Å². The summed E-state index contributed by atoms with van der Waals surface area (Å²) in [5, 5.41) is 0.794. The van der Waals surface area contributed by atoms with Crippen LogP contribution in [-0.2, 0) is 16.1 Å². The van der Waals surface area contributed by atoms with Gasteiger partial charge in [-0.15, -0.1) is 0 Å². The molecular weight excluding hydrogens is 353 g/mol. The Morgan fingerprint density at radius 1 is 1.08 bits per heavy atom. The predicted octanol–water partition coefficient (Wildman–Crippen LogP) is 2.02. The summed E-state index contributed by atoms with van der Waals surface area (Å²) in [6.45, 7) is -0.198. The van der Waals surface area contributed by atoms with Crippen LogP contribution in [0.15, 0.2) is 53.5 Å². The topological polar surface area (TPSA) is 80.2 Å². The number of nitrogens with zero attached hydrogens (tertiary/aromatic N) is 1. The lowest BCUT2D eigenvalue weighted by Gasteiger charge is -2.07. The zero-order chi connectivity index (χ0) is 17.5. The maximum Gasteiger partial charge on any atom is 0.262 e. The van der Waals surface area contributed by atoms with Gasteiger partial charge in [0, 0.05) is 18.3 Å². The number of rotatable bonds is 4. The Hall–Kier alpha value is -2.57. The van der Waals surface area contributed by atoms with Gasteiger partial charge >= 0.3 is 0 Å². The van der Waals surface area contributed by atoms with E-state index in [4.69, 9.17) is 23.2 Å². The van der Waals surface area contributed by atoms with Gasteiger partial charge in [-0.1, -0.05) is 35.3 Å². The Balaban J connectivity index is 1.85. The highest BCUT2D eigenvalue weighted by Gasteiger charge is 2.04. The van der Waals surface area contributed by atoms with E-state index in [2.05, 4.69) is 10.9 Å². The van der Waals surface area contributed by atoms with Crippen molar-refractivity contribution in [2.24, 2.45) is 0 Å². The van der Waals surface area contributed by atoms with E-state index < -0.39 is 11.8 Å². The van der Waals surface area contributed by atoms with E-state index in [0.29, 0.717) is 15.6 Å². The summed E-state index contributed by atoms with van der Waals surface area (Å²) in [7, 11) is 0. The molecule has 0 aliphatic carbocycles. The normalized spacial score (nSPS) is 10.6. The minimum absolute atomic E-state index is 0.198. The predicted molar refractivity (Wildman–Crippen MR) is 92.5 cm³/mol. The largest absolute Gasteiger partial charge is 0.306 e. The van der Waals surface area contributed by atoms with E-state index in [1.807, 2.05) is 0 Å². The molecule has 24 heavy (non-hydrogen) atoms. The number of hydrogen-bond donors (Lipinski definition) is 2. The summed E-state index contributed by atoms with van der Waals surface area (Å²) in [5.41, 5.74) is 4.81. The van der Waals surface area contributed by atoms with Crippen LogP contribution >= 0.6 is 23.2 Å². The lowest BCUT2D eigenvalue weighted by Crippen LogP contribution is -2.43. The minimum atomic E-state index is -0.533. The van der Waals surface area contributed by atoms with Crippen LogP contribution in [0, 0.1) is 0 Å². The summed E-state index contributed by atoms with van der Waals surface area (Å²) >= 11 is 11.7. The second-order valence-electron chi connectivity index (χ2n) is 4.71. The highest BCUT2D eigenvalue weighted by atomic mass is 35.5. The number of aromatic nitrogens is 1. The molecule has 0 unspecified atom stereocenters. The molecule has 2 N–H and O–H groups in total. The van der Waals surface area contributed by atoms with Gasteiger partial charge in [-0.3, -0.25) is 25.2 Å². The molecule has 2 aromatic rings. The Morgan fingerprint density at radius 3 is 2.58 bits per heavy atom. The molecule has 0 atom stereocenters. The number of pyridine rings is 1. The molecule has 1 aromatic heterocycles. The van der Waals surface area contributed by atoms with Gasteiger partial charge in [-0.25, -0.2) is 0 Å². The lowest BCUT2D eigenvalue weighted by molar-refractivity contribution is -0.127. The van der Waals surface area contributed by atoms with E-state index in [-0.39, 0.29) is 12.1 Å². The van der Waals surface area contributed by atoms with E-state index >= 15 is 0 Å². The maximum absolute atomic E-state index is 11.7. The first-order chi connectivity index (χ1) is 11.5. The summed E-state index contributed by atoms with van der Waals surface area (Å²) in [6, 6.07) is 9.46. The highest BCUT2D eigenvalue weighted by molar-refractivity contribution is 6.42. The van der Waals surface area contributed by atoms with Crippen molar-refractivity contribution >= 4 is 41.1 Å². The molecule has 0 aliphatic rings. The molecule has 0 aliphatic heterocycles. The zero-order valence-electron chi connectivity index (χ0n) is 12.3. The van der Waals surface area contributed by atoms with E-state index in [1.165, 1.54) is 29.0 Å². The fourth-order valence-electron chi connectivity index (χ4n) is 1.75. The molecule has 0 fully saturated rings. The highest BCUT2D eigenvalue weighted by Crippen LogP contribution is 2.22.